The minimum absolute atomic E-state index is 0.00983. The number of pyridine rings is 1. The van der Waals surface area contributed by atoms with E-state index < -0.39 is 0 Å². The lowest BCUT2D eigenvalue weighted by Gasteiger charge is -2.07. The summed E-state index contributed by atoms with van der Waals surface area (Å²) in [5, 5.41) is 12.8. The molecule has 2 atom stereocenters. The summed E-state index contributed by atoms with van der Waals surface area (Å²) in [5.74, 6) is 0.877. The second-order valence-corrected chi connectivity index (χ2v) is 7.37. The topological polar surface area (TPSA) is 113 Å². The van der Waals surface area contributed by atoms with Crippen LogP contribution in [0.1, 0.15) is 41.4 Å². The van der Waals surface area contributed by atoms with E-state index >= 15 is 0 Å². The molecule has 1 aliphatic rings. The van der Waals surface area contributed by atoms with Gasteiger partial charge in [0.25, 0.3) is 5.56 Å². The zero-order valence-electron chi connectivity index (χ0n) is 15.4. The maximum absolute atomic E-state index is 12.6. The highest BCUT2D eigenvalue weighted by molar-refractivity contribution is 6.30. The van der Waals surface area contributed by atoms with E-state index in [2.05, 4.69) is 25.3 Å². The number of fused-ring (bicyclic) bond motifs is 1. The molecule has 1 fully saturated rings. The van der Waals surface area contributed by atoms with Gasteiger partial charge in [-0.3, -0.25) is 14.3 Å². The van der Waals surface area contributed by atoms with Crippen LogP contribution in [0.2, 0.25) is 5.02 Å². The second kappa shape index (κ2) is 7.05. The minimum Gasteiger partial charge on any atom is -0.371 e. The molecule has 11 heteroatoms. The van der Waals surface area contributed by atoms with Crippen LogP contribution >= 0.6 is 11.6 Å². The third kappa shape index (κ3) is 3.30. The van der Waals surface area contributed by atoms with Crippen molar-refractivity contribution in [3.05, 3.63) is 69.2 Å². The van der Waals surface area contributed by atoms with Crippen LogP contribution in [0.5, 0.6) is 0 Å². The number of ether oxygens (including phenoxy) is 1. The Bertz CT molecular complexity index is 1230. The van der Waals surface area contributed by atoms with Gasteiger partial charge in [-0.15, -0.1) is 9.73 Å². The lowest BCUT2D eigenvalue weighted by Crippen LogP contribution is -2.24. The third-order valence-corrected chi connectivity index (χ3v) is 5.15. The Labute approximate surface area is 169 Å². The van der Waals surface area contributed by atoms with Gasteiger partial charge in [0, 0.05) is 17.7 Å². The highest BCUT2D eigenvalue weighted by Crippen LogP contribution is 2.36. The molecular weight excluding hydrogens is 398 g/mol. The van der Waals surface area contributed by atoms with E-state index in [1.807, 2.05) is 13.0 Å². The van der Waals surface area contributed by atoms with Gasteiger partial charge in [0.2, 0.25) is 5.89 Å². The summed E-state index contributed by atoms with van der Waals surface area (Å²) in [7, 11) is 0. The molecule has 1 saturated heterocycles. The summed E-state index contributed by atoms with van der Waals surface area (Å²) in [4.78, 5) is 21.4. The molecule has 0 bridgehead atoms. The molecule has 0 aromatic carbocycles. The van der Waals surface area contributed by atoms with E-state index in [4.69, 9.17) is 20.9 Å². The number of nitrogens with zero attached hydrogens (tertiary/aromatic N) is 7. The largest absolute Gasteiger partial charge is 0.371 e. The standard InChI is InChI=1S/C18H16ClN7O3/c1-10-5-21-26-16(10)18(27)25(9-22-26)7-15-23-17(24-29-15)11-4-14(28-8-11)13-3-2-12(19)6-20-13/h2-3,5-6,9,11,14H,4,7-8H2,1H3/t11-,14+/m0/s1. The van der Waals surface area contributed by atoms with Crippen molar-refractivity contribution in [2.75, 3.05) is 6.61 Å². The predicted molar refractivity (Wildman–Crippen MR) is 101 cm³/mol. The van der Waals surface area contributed by atoms with Crippen molar-refractivity contribution in [3.8, 4) is 0 Å². The number of hydrogen-bond acceptors (Lipinski definition) is 8. The molecule has 5 rings (SSSR count). The fraction of sp³-hybridized carbons (Fsp3) is 0.333. The molecule has 10 nitrogen and oxygen atoms in total. The van der Waals surface area contributed by atoms with Crippen LogP contribution < -0.4 is 5.56 Å². The van der Waals surface area contributed by atoms with E-state index in [0.29, 0.717) is 35.3 Å². The van der Waals surface area contributed by atoms with Gasteiger partial charge in [-0.25, -0.2) is 0 Å². The zero-order valence-corrected chi connectivity index (χ0v) is 16.2. The van der Waals surface area contributed by atoms with Crippen molar-refractivity contribution < 1.29 is 9.26 Å². The molecule has 0 aliphatic carbocycles. The molecule has 1 aliphatic heterocycles. The van der Waals surface area contributed by atoms with Crippen LogP contribution in [-0.4, -0.2) is 41.1 Å². The Balaban J connectivity index is 1.32. The van der Waals surface area contributed by atoms with E-state index in [1.54, 1.807) is 18.5 Å². The Morgan fingerprint density at radius 3 is 3.00 bits per heavy atom. The first-order valence-electron chi connectivity index (χ1n) is 9.04. The lowest BCUT2D eigenvalue weighted by molar-refractivity contribution is 0.107. The van der Waals surface area contributed by atoms with Crippen LogP contribution in [0.4, 0.5) is 0 Å². The van der Waals surface area contributed by atoms with E-state index in [0.717, 1.165) is 11.3 Å². The van der Waals surface area contributed by atoms with Crippen molar-refractivity contribution in [1.29, 1.82) is 0 Å². The molecule has 0 N–H and O–H groups in total. The normalized spacial score (nSPS) is 19.2. The molecule has 29 heavy (non-hydrogen) atoms. The molecule has 4 aromatic rings. The summed E-state index contributed by atoms with van der Waals surface area (Å²) in [6.07, 6.45) is 5.16. The summed E-state index contributed by atoms with van der Waals surface area (Å²) in [6.45, 7) is 2.42. The Morgan fingerprint density at radius 1 is 1.28 bits per heavy atom. The van der Waals surface area contributed by atoms with Gasteiger partial charge in [-0.1, -0.05) is 16.8 Å². The fourth-order valence-corrected chi connectivity index (χ4v) is 3.52. The monoisotopic (exact) mass is 413 g/mol. The van der Waals surface area contributed by atoms with Crippen molar-refractivity contribution in [3.63, 3.8) is 0 Å². The average Bonchev–Trinajstić information content (AvgIpc) is 3.45. The Hall–Kier alpha value is -3.11. The van der Waals surface area contributed by atoms with E-state index in [9.17, 15) is 4.79 Å². The van der Waals surface area contributed by atoms with E-state index in [1.165, 1.54) is 15.5 Å². The Kier molecular flexibility index (Phi) is 4.36. The second-order valence-electron chi connectivity index (χ2n) is 6.93. The number of hydrogen-bond donors (Lipinski definition) is 0. The average molecular weight is 414 g/mol. The molecule has 5 heterocycles. The number of rotatable bonds is 4. The summed E-state index contributed by atoms with van der Waals surface area (Å²) < 4.78 is 13.9. The third-order valence-electron chi connectivity index (χ3n) is 4.93. The van der Waals surface area contributed by atoms with Crippen LogP contribution in [-0.2, 0) is 11.3 Å². The first kappa shape index (κ1) is 18.0. The Morgan fingerprint density at radius 2 is 2.17 bits per heavy atom. The summed E-state index contributed by atoms with van der Waals surface area (Å²) in [5.41, 5.74) is 1.79. The maximum atomic E-state index is 12.6. The number of aryl methyl sites for hydroxylation is 1. The quantitative estimate of drug-likeness (QED) is 0.498. The molecule has 0 amide bonds. The van der Waals surface area contributed by atoms with Crippen LogP contribution in [0.15, 0.2) is 40.2 Å². The molecular formula is C18H16ClN7O3. The summed E-state index contributed by atoms with van der Waals surface area (Å²) in [6, 6.07) is 3.64. The molecule has 4 aromatic heterocycles. The number of halogens is 1. The van der Waals surface area contributed by atoms with Gasteiger partial charge in [-0.2, -0.15) is 10.1 Å². The molecule has 148 valence electrons. The lowest BCUT2D eigenvalue weighted by atomic mass is 10.0. The first-order chi connectivity index (χ1) is 14.1. The minimum atomic E-state index is -0.215. The van der Waals surface area contributed by atoms with Crippen molar-refractivity contribution in [2.24, 2.45) is 0 Å². The molecule has 0 radical (unpaired) electrons. The molecule has 0 saturated carbocycles. The van der Waals surface area contributed by atoms with Gasteiger partial charge >= 0.3 is 0 Å². The van der Waals surface area contributed by atoms with E-state index in [-0.39, 0.29) is 24.1 Å². The fourth-order valence-electron chi connectivity index (χ4n) is 3.41. The summed E-state index contributed by atoms with van der Waals surface area (Å²) >= 11 is 5.89. The van der Waals surface area contributed by atoms with Gasteiger partial charge < -0.3 is 9.26 Å². The maximum Gasteiger partial charge on any atom is 0.280 e. The van der Waals surface area contributed by atoms with Crippen molar-refractivity contribution >= 4 is 17.1 Å². The predicted octanol–water partition coefficient (Wildman–Crippen LogP) is 1.92. The molecule has 0 unspecified atom stereocenters. The number of aromatic nitrogens is 7. The smallest absolute Gasteiger partial charge is 0.280 e. The van der Waals surface area contributed by atoms with Gasteiger partial charge in [0.05, 0.1) is 23.5 Å². The van der Waals surface area contributed by atoms with Crippen molar-refractivity contribution in [1.82, 2.24) is 34.5 Å². The highest BCUT2D eigenvalue weighted by atomic mass is 35.5. The van der Waals surface area contributed by atoms with Crippen LogP contribution in [0.3, 0.4) is 0 Å². The van der Waals surface area contributed by atoms with Crippen LogP contribution in [0, 0.1) is 6.92 Å². The SMILES string of the molecule is Cc1cnn2ncn(Cc3nc([C@@H]4CO[C@@H](c5ccc(Cl)cn5)C4)no3)c(=O)c12. The van der Waals surface area contributed by atoms with Crippen molar-refractivity contribution in [2.45, 2.75) is 31.9 Å². The molecule has 0 spiro atoms. The van der Waals surface area contributed by atoms with Gasteiger partial charge in [-0.05, 0) is 25.5 Å². The highest BCUT2D eigenvalue weighted by Gasteiger charge is 2.32. The van der Waals surface area contributed by atoms with Crippen LogP contribution in [0.25, 0.3) is 5.52 Å². The van der Waals surface area contributed by atoms with Gasteiger partial charge in [0.15, 0.2) is 11.3 Å². The zero-order chi connectivity index (χ0) is 20.0. The van der Waals surface area contributed by atoms with Gasteiger partial charge in [0.1, 0.15) is 19.0 Å². The first-order valence-corrected chi connectivity index (χ1v) is 9.42.